The lowest BCUT2D eigenvalue weighted by Gasteiger charge is -2.11. The van der Waals surface area contributed by atoms with E-state index in [1.807, 2.05) is 22.6 Å². The zero-order valence-corrected chi connectivity index (χ0v) is 14.2. The first kappa shape index (κ1) is 16.9. The Balaban J connectivity index is 2.38. The molecule has 0 aliphatic carbocycles. The number of carboxylic acid groups (broad SMARTS) is 1. The number of amides is 1. The van der Waals surface area contributed by atoms with Crippen LogP contribution in [0.25, 0.3) is 0 Å². The summed E-state index contributed by atoms with van der Waals surface area (Å²) >= 11 is 1.98. The zero-order chi connectivity index (χ0) is 17.0. The van der Waals surface area contributed by atoms with E-state index < -0.39 is 17.8 Å². The van der Waals surface area contributed by atoms with Gasteiger partial charge in [-0.15, -0.1) is 0 Å². The van der Waals surface area contributed by atoms with Gasteiger partial charge in [0.2, 0.25) is 0 Å². The third kappa shape index (κ3) is 3.86. The third-order valence-corrected chi connectivity index (χ3v) is 3.71. The molecule has 0 aromatic heterocycles. The van der Waals surface area contributed by atoms with Crippen molar-refractivity contribution in [2.75, 3.05) is 12.4 Å². The van der Waals surface area contributed by atoms with Crippen LogP contribution in [0.4, 0.5) is 5.69 Å². The van der Waals surface area contributed by atoms with Crippen LogP contribution in [-0.2, 0) is 4.74 Å². The lowest BCUT2D eigenvalue weighted by Crippen LogP contribution is -2.18. The van der Waals surface area contributed by atoms with Crippen molar-refractivity contribution in [3.05, 3.63) is 62.7 Å². The van der Waals surface area contributed by atoms with Crippen LogP contribution in [0.1, 0.15) is 31.1 Å². The fourth-order valence-electron chi connectivity index (χ4n) is 1.96. The van der Waals surface area contributed by atoms with Crippen molar-refractivity contribution >= 4 is 46.1 Å². The van der Waals surface area contributed by atoms with Crippen LogP contribution in [0.5, 0.6) is 0 Å². The largest absolute Gasteiger partial charge is 0.478 e. The molecular formula is C16H12INO5. The maximum atomic E-state index is 12.4. The van der Waals surface area contributed by atoms with Crippen molar-refractivity contribution in [3.63, 3.8) is 0 Å². The number of aromatic carboxylic acids is 1. The fraction of sp³-hybridized carbons (Fsp3) is 0.0625. The number of halogens is 1. The van der Waals surface area contributed by atoms with E-state index in [4.69, 9.17) is 0 Å². The van der Waals surface area contributed by atoms with E-state index in [0.717, 1.165) is 3.57 Å². The summed E-state index contributed by atoms with van der Waals surface area (Å²) in [5.74, 6) is -2.38. The van der Waals surface area contributed by atoms with Crippen LogP contribution in [0.15, 0.2) is 42.5 Å². The number of hydrogen-bond acceptors (Lipinski definition) is 4. The summed E-state index contributed by atoms with van der Waals surface area (Å²) in [4.78, 5) is 35.4. The highest BCUT2D eigenvalue weighted by atomic mass is 127. The van der Waals surface area contributed by atoms with E-state index in [1.54, 1.807) is 18.2 Å². The Morgan fingerprint density at radius 1 is 1.04 bits per heavy atom. The molecule has 0 saturated heterocycles. The van der Waals surface area contributed by atoms with Crippen molar-refractivity contribution in [3.8, 4) is 0 Å². The average Bonchev–Trinajstić information content (AvgIpc) is 2.55. The Bertz CT molecular complexity index is 788. The summed E-state index contributed by atoms with van der Waals surface area (Å²) in [5, 5.41) is 11.7. The first-order valence-electron chi connectivity index (χ1n) is 6.45. The number of anilines is 1. The maximum absolute atomic E-state index is 12.4. The van der Waals surface area contributed by atoms with E-state index in [-0.39, 0.29) is 22.4 Å². The molecular weight excluding hydrogens is 413 g/mol. The summed E-state index contributed by atoms with van der Waals surface area (Å²) in [7, 11) is 1.22. The Hall–Kier alpha value is -2.42. The van der Waals surface area contributed by atoms with Crippen LogP contribution >= 0.6 is 22.6 Å². The predicted molar refractivity (Wildman–Crippen MR) is 91.9 cm³/mol. The number of carbonyl (C=O) groups excluding carboxylic acids is 2. The van der Waals surface area contributed by atoms with Crippen molar-refractivity contribution in [1.82, 2.24) is 0 Å². The molecule has 0 aliphatic rings. The van der Waals surface area contributed by atoms with Gasteiger partial charge in [0.05, 0.1) is 29.5 Å². The van der Waals surface area contributed by atoms with Crippen molar-refractivity contribution in [2.45, 2.75) is 0 Å². The van der Waals surface area contributed by atoms with Crippen LogP contribution in [0.2, 0.25) is 0 Å². The smallest absolute Gasteiger partial charge is 0.338 e. The van der Waals surface area contributed by atoms with E-state index in [2.05, 4.69) is 10.1 Å². The molecule has 6 nitrogen and oxygen atoms in total. The summed E-state index contributed by atoms with van der Waals surface area (Å²) in [6.07, 6.45) is 0. The molecule has 0 radical (unpaired) electrons. The number of hydrogen-bond donors (Lipinski definition) is 2. The number of ether oxygens (including phenoxy) is 1. The second kappa shape index (κ2) is 7.23. The molecule has 1 amide bonds. The highest BCUT2D eigenvalue weighted by Crippen LogP contribution is 2.21. The van der Waals surface area contributed by atoms with Crippen molar-refractivity contribution in [2.24, 2.45) is 0 Å². The molecule has 0 unspecified atom stereocenters. The molecule has 0 spiro atoms. The lowest BCUT2D eigenvalue weighted by atomic mass is 10.1. The fourth-order valence-corrected chi connectivity index (χ4v) is 2.45. The van der Waals surface area contributed by atoms with Gasteiger partial charge in [0.25, 0.3) is 5.91 Å². The maximum Gasteiger partial charge on any atom is 0.338 e. The number of methoxy groups -OCH3 is 1. The third-order valence-electron chi connectivity index (χ3n) is 3.04. The van der Waals surface area contributed by atoms with E-state index in [1.165, 1.54) is 31.4 Å². The zero-order valence-electron chi connectivity index (χ0n) is 12.0. The van der Waals surface area contributed by atoms with E-state index in [0.29, 0.717) is 0 Å². The van der Waals surface area contributed by atoms with Crippen LogP contribution in [0, 0.1) is 3.57 Å². The van der Waals surface area contributed by atoms with Crippen molar-refractivity contribution < 1.29 is 24.2 Å². The number of nitrogens with one attached hydrogen (secondary N) is 1. The van der Waals surface area contributed by atoms with Crippen LogP contribution < -0.4 is 5.32 Å². The van der Waals surface area contributed by atoms with Gasteiger partial charge in [0.1, 0.15) is 0 Å². The van der Waals surface area contributed by atoms with Gasteiger partial charge in [-0.05, 0) is 52.9 Å². The number of benzene rings is 2. The Morgan fingerprint density at radius 3 is 2.30 bits per heavy atom. The van der Waals surface area contributed by atoms with E-state index in [9.17, 15) is 19.5 Å². The highest BCUT2D eigenvalue weighted by Gasteiger charge is 2.19. The average molecular weight is 425 g/mol. The quantitative estimate of drug-likeness (QED) is 0.581. The molecule has 2 aromatic carbocycles. The first-order chi connectivity index (χ1) is 10.9. The number of rotatable bonds is 4. The molecule has 0 saturated carbocycles. The molecule has 23 heavy (non-hydrogen) atoms. The number of carbonyl (C=O) groups is 3. The number of carboxylic acids is 1. The summed E-state index contributed by atoms with van der Waals surface area (Å²) in [5.41, 5.74) is 0.340. The second-order valence-corrected chi connectivity index (χ2v) is 5.73. The standard InChI is InChI=1S/C16H12INO5/c1-23-16(22)11-5-3-2-4-10(11)14(19)18-13-7-6-9(17)8-12(13)15(20)21/h2-8H,1H3,(H,18,19)(H,20,21). The minimum Gasteiger partial charge on any atom is -0.478 e. The van der Waals surface area contributed by atoms with Gasteiger partial charge in [-0.1, -0.05) is 12.1 Å². The molecule has 0 fully saturated rings. The number of esters is 1. The first-order valence-corrected chi connectivity index (χ1v) is 7.53. The molecule has 2 N–H and O–H groups in total. The predicted octanol–water partition coefficient (Wildman–Crippen LogP) is 3.03. The normalized spacial score (nSPS) is 10.0. The summed E-state index contributed by atoms with van der Waals surface area (Å²) in [6.45, 7) is 0. The van der Waals surface area contributed by atoms with Crippen LogP contribution in [0.3, 0.4) is 0 Å². The molecule has 2 rings (SSSR count). The van der Waals surface area contributed by atoms with Gasteiger partial charge in [-0.2, -0.15) is 0 Å². The molecule has 0 atom stereocenters. The molecule has 7 heteroatoms. The monoisotopic (exact) mass is 425 g/mol. The highest BCUT2D eigenvalue weighted by molar-refractivity contribution is 14.1. The molecule has 0 bridgehead atoms. The molecule has 0 heterocycles. The minimum absolute atomic E-state index is 0.0270. The van der Waals surface area contributed by atoms with Gasteiger partial charge >= 0.3 is 11.9 Å². The molecule has 0 aliphatic heterocycles. The lowest BCUT2D eigenvalue weighted by molar-refractivity contribution is 0.0596. The van der Waals surface area contributed by atoms with Gasteiger partial charge in [-0.3, -0.25) is 4.79 Å². The SMILES string of the molecule is COC(=O)c1ccccc1C(=O)Nc1ccc(I)cc1C(=O)O. The van der Waals surface area contributed by atoms with E-state index >= 15 is 0 Å². The second-order valence-electron chi connectivity index (χ2n) is 4.49. The van der Waals surface area contributed by atoms with Gasteiger partial charge in [0.15, 0.2) is 0 Å². The summed E-state index contributed by atoms with van der Waals surface area (Å²) < 4.78 is 5.37. The van der Waals surface area contributed by atoms with Gasteiger partial charge in [0, 0.05) is 3.57 Å². The Kier molecular flexibility index (Phi) is 5.32. The van der Waals surface area contributed by atoms with Gasteiger partial charge in [-0.25, -0.2) is 9.59 Å². The topological polar surface area (TPSA) is 92.7 Å². The van der Waals surface area contributed by atoms with Crippen LogP contribution in [-0.4, -0.2) is 30.1 Å². The molecule has 118 valence electrons. The van der Waals surface area contributed by atoms with Gasteiger partial charge < -0.3 is 15.2 Å². The Morgan fingerprint density at radius 2 is 1.70 bits per heavy atom. The minimum atomic E-state index is -1.15. The Labute approximate surface area is 145 Å². The van der Waals surface area contributed by atoms with Crippen molar-refractivity contribution in [1.29, 1.82) is 0 Å². The molecule has 2 aromatic rings. The summed E-state index contributed by atoms with van der Waals surface area (Å²) in [6, 6.07) is 10.8.